The molecule has 10 nitrogen and oxygen atoms in total. The van der Waals surface area contributed by atoms with E-state index in [1.807, 2.05) is 4.90 Å². The summed E-state index contributed by atoms with van der Waals surface area (Å²) in [7, 11) is 1.39. The number of ether oxygens (including phenoxy) is 6. The van der Waals surface area contributed by atoms with Gasteiger partial charge in [-0.1, -0.05) is 0 Å². The Bertz CT molecular complexity index is 590. The molecule has 4 aliphatic heterocycles. The molecule has 4 aliphatic rings. The summed E-state index contributed by atoms with van der Waals surface area (Å²) in [5.41, 5.74) is 0. The van der Waals surface area contributed by atoms with E-state index in [1.54, 1.807) is 0 Å². The fourth-order valence-corrected chi connectivity index (χ4v) is 4.08. The lowest BCUT2D eigenvalue weighted by molar-refractivity contribution is -0.169. The number of esters is 3. The van der Waals surface area contributed by atoms with Crippen molar-refractivity contribution in [3.05, 3.63) is 0 Å². The maximum atomic E-state index is 12.3. The molecule has 4 fully saturated rings. The summed E-state index contributed by atoms with van der Waals surface area (Å²) in [6, 6.07) is 0. The van der Waals surface area contributed by atoms with Gasteiger partial charge in [0.2, 0.25) is 0 Å². The van der Waals surface area contributed by atoms with E-state index in [-0.39, 0.29) is 13.3 Å². The van der Waals surface area contributed by atoms with Crippen LogP contribution < -0.4 is 0 Å². The fourth-order valence-electron chi connectivity index (χ4n) is 4.08. The summed E-state index contributed by atoms with van der Waals surface area (Å²) >= 11 is 0. The number of nitrogens with zero attached hydrogens (tertiary/aromatic N) is 1. The second-order valence-corrected chi connectivity index (χ2v) is 6.73. The van der Waals surface area contributed by atoms with E-state index >= 15 is 0 Å². The number of fused-ring (bicyclic) bond motifs is 1. The minimum absolute atomic E-state index is 0.111. The molecule has 144 valence electrons. The molecule has 0 aromatic heterocycles. The molecule has 0 saturated carbocycles. The Kier molecular flexibility index (Phi) is 4.82. The van der Waals surface area contributed by atoms with E-state index < -0.39 is 54.2 Å². The molecule has 6 atom stereocenters. The van der Waals surface area contributed by atoms with Crippen molar-refractivity contribution in [3.63, 3.8) is 0 Å². The SMILES string of the molecule is COCOC(=O)C1C2OC3C(OC(=O)C31)C2OC(=O)CN1CCOCC1. The van der Waals surface area contributed by atoms with E-state index in [0.29, 0.717) is 26.3 Å². The molecule has 10 heteroatoms. The van der Waals surface area contributed by atoms with Gasteiger partial charge in [0.1, 0.15) is 24.0 Å². The minimum atomic E-state index is -0.859. The Morgan fingerprint density at radius 1 is 1.19 bits per heavy atom. The zero-order valence-corrected chi connectivity index (χ0v) is 14.3. The van der Waals surface area contributed by atoms with Gasteiger partial charge in [-0.15, -0.1) is 0 Å². The van der Waals surface area contributed by atoms with Crippen LogP contribution in [-0.4, -0.2) is 94.0 Å². The van der Waals surface area contributed by atoms with Gasteiger partial charge in [0, 0.05) is 20.2 Å². The molecule has 26 heavy (non-hydrogen) atoms. The minimum Gasteiger partial charge on any atom is -0.455 e. The average molecular weight is 371 g/mol. The van der Waals surface area contributed by atoms with Crippen molar-refractivity contribution in [3.8, 4) is 0 Å². The quantitative estimate of drug-likeness (QED) is 0.305. The van der Waals surface area contributed by atoms with Crippen LogP contribution in [0.25, 0.3) is 0 Å². The highest BCUT2D eigenvalue weighted by molar-refractivity contribution is 5.87. The number of carbonyl (C=O) groups is 3. The Morgan fingerprint density at radius 3 is 2.69 bits per heavy atom. The Morgan fingerprint density at radius 2 is 1.96 bits per heavy atom. The van der Waals surface area contributed by atoms with Gasteiger partial charge < -0.3 is 28.4 Å². The summed E-state index contributed by atoms with van der Waals surface area (Å²) in [5, 5.41) is 0. The van der Waals surface area contributed by atoms with Gasteiger partial charge in [-0.2, -0.15) is 0 Å². The van der Waals surface area contributed by atoms with Crippen LogP contribution in [0.4, 0.5) is 0 Å². The molecular weight excluding hydrogens is 350 g/mol. The second kappa shape index (κ2) is 7.10. The maximum absolute atomic E-state index is 12.3. The van der Waals surface area contributed by atoms with Crippen LogP contribution in [0, 0.1) is 11.8 Å². The van der Waals surface area contributed by atoms with Crippen molar-refractivity contribution in [2.24, 2.45) is 11.8 Å². The fraction of sp³-hybridized carbons (Fsp3) is 0.812. The number of rotatable bonds is 6. The molecule has 0 aromatic rings. The van der Waals surface area contributed by atoms with Gasteiger partial charge in [-0.25, -0.2) is 0 Å². The Hall–Kier alpha value is -1.75. The first-order valence-electron chi connectivity index (χ1n) is 8.61. The molecule has 0 aliphatic carbocycles. The first-order valence-corrected chi connectivity index (χ1v) is 8.61. The molecule has 6 unspecified atom stereocenters. The summed E-state index contributed by atoms with van der Waals surface area (Å²) in [5.74, 6) is -3.16. The third-order valence-electron chi connectivity index (χ3n) is 5.22. The standard InChI is InChI=1S/C16H21NO9/c1-21-7-23-15(19)9-10-12-14(26-16(10)20)13(11(9)25-12)24-8(18)6-17-2-4-22-5-3-17/h9-14H,2-7H2,1H3. The van der Waals surface area contributed by atoms with Crippen molar-refractivity contribution in [1.82, 2.24) is 4.90 Å². The van der Waals surface area contributed by atoms with Gasteiger partial charge in [0.05, 0.1) is 19.8 Å². The van der Waals surface area contributed by atoms with Gasteiger partial charge in [0.15, 0.2) is 19.0 Å². The number of carbonyl (C=O) groups excluding carboxylic acids is 3. The predicted molar refractivity (Wildman–Crippen MR) is 80.6 cm³/mol. The highest BCUT2D eigenvalue weighted by Crippen LogP contribution is 2.51. The lowest BCUT2D eigenvalue weighted by Crippen LogP contribution is -2.49. The lowest BCUT2D eigenvalue weighted by atomic mass is 9.78. The van der Waals surface area contributed by atoms with Crippen LogP contribution in [0.3, 0.4) is 0 Å². The largest absolute Gasteiger partial charge is 0.455 e. The van der Waals surface area contributed by atoms with Gasteiger partial charge >= 0.3 is 17.9 Å². The zero-order chi connectivity index (χ0) is 18.3. The summed E-state index contributed by atoms with van der Waals surface area (Å²) in [6.07, 6.45) is -2.82. The number of hydrogen-bond acceptors (Lipinski definition) is 10. The van der Waals surface area contributed by atoms with Crippen molar-refractivity contribution in [2.75, 3.05) is 46.8 Å². The topological polar surface area (TPSA) is 110 Å². The maximum Gasteiger partial charge on any atom is 0.320 e. The van der Waals surface area contributed by atoms with Crippen LogP contribution in [-0.2, 0) is 42.8 Å². The van der Waals surface area contributed by atoms with E-state index in [4.69, 9.17) is 28.4 Å². The van der Waals surface area contributed by atoms with Crippen molar-refractivity contribution >= 4 is 17.9 Å². The normalized spacial score (nSPS) is 38.3. The highest BCUT2D eigenvalue weighted by Gasteiger charge is 2.72. The van der Waals surface area contributed by atoms with E-state index in [1.165, 1.54) is 7.11 Å². The van der Waals surface area contributed by atoms with Crippen LogP contribution in [0.2, 0.25) is 0 Å². The van der Waals surface area contributed by atoms with E-state index in [9.17, 15) is 14.4 Å². The highest BCUT2D eigenvalue weighted by atomic mass is 16.7. The third-order valence-corrected chi connectivity index (χ3v) is 5.22. The van der Waals surface area contributed by atoms with Gasteiger partial charge in [0.25, 0.3) is 0 Å². The first kappa shape index (κ1) is 17.7. The molecule has 0 radical (unpaired) electrons. The first-order chi connectivity index (χ1) is 12.6. The summed E-state index contributed by atoms with van der Waals surface area (Å²) < 4.78 is 31.6. The smallest absolute Gasteiger partial charge is 0.320 e. The average Bonchev–Trinajstić information content (AvgIpc) is 3.24. The summed E-state index contributed by atoms with van der Waals surface area (Å²) in [4.78, 5) is 38.7. The van der Waals surface area contributed by atoms with Crippen molar-refractivity contribution < 1.29 is 42.8 Å². The molecule has 2 bridgehead atoms. The van der Waals surface area contributed by atoms with Crippen LogP contribution in [0.15, 0.2) is 0 Å². The number of morpholine rings is 1. The lowest BCUT2D eigenvalue weighted by Gasteiger charge is -2.29. The molecule has 0 N–H and O–H groups in total. The van der Waals surface area contributed by atoms with Gasteiger partial charge in [-0.05, 0) is 0 Å². The third kappa shape index (κ3) is 2.96. The van der Waals surface area contributed by atoms with Crippen molar-refractivity contribution in [2.45, 2.75) is 24.4 Å². The van der Waals surface area contributed by atoms with E-state index in [2.05, 4.69) is 0 Å². The molecular formula is C16H21NO9. The molecule has 4 rings (SSSR count). The zero-order valence-electron chi connectivity index (χ0n) is 14.3. The molecule has 0 amide bonds. The predicted octanol–water partition coefficient (Wildman–Crippen LogP) is -1.68. The monoisotopic (exact) mass is 371 g/mol. The molecule has 4 heterocycles. The Labute approximate surface area is 149 Å². The molecule has 0 spiro atoms. The number of hydrogen-bond donors (Lipinski definition) is 0. The van der Waals surface area contributed by atoms with Gasteiger partial charge in [-0.3, -0.25) is 19.3 Å². The number of methoxy groups -OCH3 is 1. The summed E-state index contributed by atoms with van der Waals surface area (Å²) in [6.45, 7) is 2.32. The molecule has 4 saturated heterocycles. The van der Waals surface area contributed by atoms with E-state index in [0.717, 1.165) is 0 Å². The van der Waals surface area contributed by atoms with Crippen LogP contribution in [0.5, 0.6) is 0 Å². The van der Waals surface area contributed by atoms with Crippen molar-refractivity contribution in [1.29, 1.82) is 0 Å². The van der Waals surface area contributed by atoms with Crippen LogP contribution in [0.1, 0.15) is 0 Å². The second-order valence-electron chi connectivity index (χ2n) is 6.73. The molecule has 0 aromatic carbocycles. The Balaban J connectivity index is 1.43. The van der Waals surface area contributed by atoms with Crippen LogP contribution >= 0.6 is 0 Å².